The molecule has 0 aromatic heterocycles. The van der Waals surface area contributed by atoms with Gasteiger partial charge in [0.15, 0.2) is 0 Å². The van der Waals surface area contributed by atoms with Crippen LogP contribution in [0.5, 0.6) is 0 Å². The molecule has 0 heterocycles. The molecule has 0 N–H and O–H groups in total. The maximum absolute atomic E-state index is 5.64. The maximum Gasteiger partial charge on any atom is 0.0466 e. The lowest BCUT2D eigenvalue weighted by Crippen LogP contribution is -1.97. The first-order valence-electron chi connectivity index (χ1n) is 8.34. The predicted octanol–water partition coefficient (Wildman–Crippen LogP) is 5.59. The largest absolute Gasteiger partial charge is 0.381 e. The first-order chi connectivity index (χ1) is 9.93. The van der Waals surface area contributed by atoms with E-state index in [0.29, 0.717) is 0 Å². The fourth-order valence-corrected chi connectivity index (χ4v) is 2.37. The van der Waals surface area contributed by atoms with E-state index in [2.05, 4.69) is 37.3 Å². The van der Waals surface area contributed by atoms with Crippen LogP contribution in [0.3, 0.4) is 0 Å². The fourth-order valence-electron chi connectivity index (χ4n) is 2.37. The molecule has 0 amide bonds. The zero-order valence-corrected chi connectivity index (χ0v) is 13.0. The van der Waals surface area contributed by atoms with Gasteiger partial charge in [0.2, 0.25) is 0 Å². The van der Waals surface area contributed by atoms with Crippen molar-refractivity contribution in [3.63, 3.8) is 0 Å². The topological polar surface area (TPSA) is 9.23 Å². The Kier molecular flexibility index (Phi) is 11.4. The van der Waals surface area contributed by atoms with Crippen LogP contribution in [0.25, 0.3) is 0 Å². The third kappa shape index (κ3) is 10.0. The van der Waals surface area contributed by atoms with Gasteiger partial charge in [0.25, 0.3) is 0 Å². The molecular formula is C19H31O. The average molecular weight is 275 g/mol. The predicted molar refractivity (Wildman–Crippen MR) is 87.9 cm³/mol. The Bertz CT molecular complexity index is 294. The van der Waals surface area contributed by atoms with Crippen molar-refractivity contribution in [2.45, 2.75) is 64.2 Å². The minimum absolute atomic E-state index is 0.938. The Labute approximate surface area is 125 Å². The minimum atomic E-state index is 0.938. The molecule has 0 saturated heterocycles. The molecule has 1 nitrogen and oxygen atoms in total. The lowest BCUT2D eigenvalue weighted by molar-refractivity contribution is 0.126. The molecule has 1 radical (unpaired) electrons. The van der Waals surface area contributed by atoms with Crippen molar-refractivity contribution in [3.05, 3.63) is 42.8 Å². The summed E-state index contributed by atoms with van der Waals surface area (Å²) in [5.74, 6) is 0. The molecule has 1 rings (SSSR count). The summed E-state index contributed by atoms with van der Waals surface area (Å²) in [5, 5.41) is 0. The van der Waals surface area contributed by atoms with Crippen molar-refractivity contribution in [1.29, 1.82) is 0 Å². The minimum Gasteiger partial charge on any atom is -0.381 e. The summed E-state index contributed by atoms with van der Waals surface area (Å²) in [6, 6.07) is 10.8. The molecule has 0 atom stereocenters. The van der Waals surface area contributed by atoms with Gasteiger partial charge in [0, 0.05) is 13.2 Å². The SMILES string of the molecule is [CH2]CCCCCOCCCCCCCc1ccccc1. The van der Waals surface area contributed by atoms with E-state index in [1.807, 2.05) is 0 Å². The van der Waals surface area contributed by atoms with E-state index in [9.17, 15) is 0 Å². The first kappa shape index (κ1) is 17.2. The standard InChI is InChI=1S/C19H31O/c1-2-3-4-12-17-20-18-13-7-5-6-9-14-19-15-10-8-11-16-19/h8,10-11,15-16H,1-7,9,12-14,17-18H2. The zero-order valence-electron chi connectivity index (χ0n) is 13.0. The summed E-state index contributed by atoms with van der Waals surface area (Å²) in [6.45, 7) is 5.73. The van der Waals surface area contributed by atoms with Crippen molar-refractivity contribution in [3.8, 4) is 0 Å². The molecule has 0 unspecified atom stereocenters. The average Bonchev–Trinajstić information content (AvgIpc) is 2.49. The summed E-state index contributed by atoms with van der Waals surface area (Å²) in [7, 11) is 0. The number of unbranched alkanes of at least 4 members (excludes halogenated alkanes) is 7. The van der Waals surface area contributed by atoms with Crippen molar-refractivity contribution in [2.75, 3.05) is 13.2 Å². The number of hydrogen-bond donors (Lipinski definition) is 0. The van der Waals surface area contributed by atoms with Gasteiger partial charge >= 0.3 is 0 Å². The lowest BCUT2D eigenvalue weighted by Gasteiger charge is -2.04. The van der Waals surface area contributed by atoms with Gasteiger partial charge in [0.1, 0.15) is 0 Å². The van der Waals surface area contributed by atoms with Crippen LogP contribution in [0.4, 0.5) is 0 Å². The van der Waals surface area contributed by atoms with Gasteiger partial charge in [-0.2, -0.15) is 0 Å². The Morgan fingerprint density at radius 2 is 1.30 bits per heavy atom. The van der Waals surface area contributed by atoms with Crippen LogP contribution in [0.15, 0.2) is 30.3 Å². The van der Waals surface area contributed by atoms with Crippen molar-refractivity contribution in [2.24, 2.45) is 0 Å². The van der Waals surface area contributed by atoms with E-state index in [1.54, 1.807) is 0 Å². The smallest absolute Gasteiger partial charge is 0.0466 e. The highest BCUT2D eigenvalue weighted by Crippen LogP contribution is 2.09. The molecule has 0 spiro atoms. The molecule has 0 bridgehead atoms. The first-order valence-corrected chi connectivity index (χ1v) is 8.34. The summed E-state index contributed by atoms with van der Waals surface area (Å²) in [6.07, 6.45) is 12.5. The van der Waals surface area contributed by atoms with Crippen LogP contribution in [-0.4, -0.2) is 13.2 Å². The van der Waals surface area contributed by atoms with Gasteiger partial charge < -0.3 is 4.74 Å². The number of ether oxygens (including phenoxy) is 1. The van der Waals surface area contributed by atoms with Crippen LogP contribution >= 0.6 is 0 Å². The third-order valence-electron chi connectivity index (χ3n) is 3.64. The van der Waals surface area contributed by atoms with E-state index >= 15 is 0 Å². The van der Waals surface area contributed by atoms with Crippen LogP contribution in [0.1, 0.15) is 63.4 Å². The maximum atomic E-state index is 5.64. The van der Waals surface area contributed by atoms with E-state index in [4.69, 9.17) is 4.74 Å². The van der Waals surface area contributed by atoms with Crippen LogP contribution in [0.2, 0.25) is 0 Å². The Morgan fingerprint density at radius 3 is 2.00 bits per heavy atom. The van der Waals surface area contributed by atoms with Crippen molar-refractivity contribution >= 4 is 0 Å². The summed E-state index contributed by atoms with van der Waals surface area (Å²) < 4.78 is 5.64. The second-order valence-electron chi connectivity index (χ2n) is 5.53. The van der Waals surface area contributed by atoms with E-state index < -0.39 is 0 Å². The highest BCUT2D eigenvalue weighted by atomic mass is 16.5. The zero-order chi connectivity index (χ0) is 14.3. The highest BCUT2D eigenvalue weighted by molar-refractivity contribution is 5.14. The molecule has 1 heteroatoms. The Balaban J connectivity index is 1.77. The Morgan fingerprint density at radius 1 is 0.700 bits per heavy atom. The molecule has 1 aromatic carbocycles. The monoisotopic (exact) mass is 275 g/mol. The normalized spacial score (nSPS) is 10.8. The Hall–Kier alpha value is -0.820. The molecule has 0 fully saturated rings. The van der Waals surface area contributed by atoms with E-state index in [0.717, 1.165) is 19.6 Å². The number of aryl methyl sites for hydroxylation is 1. The highest BCUT2D eigenvalue weighted by Gasteiger charge is 1.94. The second-order valence-corrected chi connectivity index (χ2v) is 5.53. The molecule has 0 aliphatic rings. The van der Waals surface area contributed by atoms with Gasteiger partial charge in [0.05, 0.1) is 0 Å². The van der Waals surface area contributed by atoms with E-state index in [-0.39, 0.29) is 0 Å². The van der Waals surface area contributed by atoms with Crippen molar-refractivity contribution in [1.82, 2.24) is 0 Å². The van der Waals surface area contributed by atoms with Gasteiger partial charge in [-0.1, -0.05) is 75.8 Å². The molecule has 1 aromatic rings. The molecule has 113 valence electrons. The van der Waals surface area contributed by atoms with Gasteiger partial charge in [-0.25, -0.2) is 0 Å². The number of hydrogen-bond acceptors (Lipinski definition) is 1. The molecule has 20 heavy (non-hydrogen) atoms. The quantitative estimate of drug-likeness (QED) is 0.426. The molecule has 0 saturated carbocycles. The summed E-state index contributed by atoms with van der Waals surface area (Å²) in [4.78, 5) is 0. The fraction of sp³-hybridized carbons (Fsp3) is 0.632. The van der Waals surface area contributed by atoms with Gasteiger partial charge in [-0.05, 0) is 31.2 Å². The lowest BCUT2D eigenvalue weighted by atomic mass is 10.1. The van der Waals surface area contributed by atoms with Crippen LogP contribution in [-0.2, 0) is 11.2 Å². The van der Waals surface area contributed by atoms with Crippen LogP contribution < -0.4 is 0 Å². The van der Waals surface area contributed by atoms with Gasteiger partial charge in [-0.15, -0.1) is 0 Å². The van der Waals surface area contributed by atoms with E-state index in [1.165, 1.54) is 63.4 Å². The summed E-state index contributed by atoms with van der Waals surface area (Å²) >= 11 is 0. The number of rotatable bonds is 13. The number of benzene rings is 1. The second kappa shape index (κ2) is 13.2. The van der Waals surface area contributed by atoms with Crippen LogP contribution in [0, 0.1) is 6.92 Å². The third-order valence-corrected chi connectivity index (χ3v) is 3.64. The summed E-state index contributed by atoms with van der Waals surface area (Å²) in [5.41, 5.74) is 1.47. The van der Waals surface area contributed by atoms with Crippen molar-refractivity contribution < 1.29 is 4.74 Å². The molecule has 0 aliphatic carbocycles. The molecular weight excluding hydrogens is 244 g/mol. The van der Waals surface area contributed by atoms with Gasteiger partial charge in [-0.3, -0.25) is 0 Å². The molecule has 0 aliphatic heterocycles.